The molecule has 1 heterocycles. The van der Waals surface area contributed by atoms with Gasteiger partial charge in [0.05, 0.1) is 0 Å². The fourth-order valence-electron chi connectivity index (χ4n) is 2.22. The highest BCUT2D eigenvalue weighted by molar-refractivity contribution is 6.31. The van der Waals surface area contributed by atoms with Crippen LogP contribution in [-0.2, 0) is 0 Å². The Morgan fingerprint density at radius 3 is 1.71 bits per heavy atom. The molecule has 1 rings (SSSR count). The highest BCUT2D eigenvalue weighted by atomic mass is 35.5. The van der Waals surface area contributed by atoms with Crippen LogP contribution in [0.25, 0.3) is 0 Å². The van der Waals surface area contributed by atoms with Gasteiger partial charge in [0, 0.05) is 6.54 Å². The predicted octanol–water partition coefficient (Wildman–Crippen LogP) is 5.51. The van der Waals surface area contributed by atoms with Crippen LogP contribution < -0.4 is 5.32 Å². The molecule has 0 fully saturated rings. The average molecular weight is 333 g/mol. The van der Waals surface area contributed by atoms with Gasteiger partial charge in [-0.2, -0.15) is 15.0 Å². The molecule has 1 N–H and O–H groups in total. The Morgan fingerprint density at radius 2 is 1.19 bits per heavy atom. The van der Waals surface area contributed by atoms with Crippen LogP contribution >= 0.6 is 23.2 Å². The molecule has 0 aliphatic heterocycles. The van der Waals surface area contributed by atoms with E-state index in [4.69, 9.17) is 23.2 Å². The first-order valence-corrected chi connectivity index (χ1v) is 8.79. The van der Waals surface area contributed by atoms with Crippen LogP contribution in [-0.4, -0.2) is 21.5 Å². The fraction of sp³-hybridized carbons (Fsp3) is 0.800. The van der Waals surface area contributed by atoms with Gasteiger partial charge in [0.2, 0.25) is 16.5 Å². The third-order valence-electron chi connectivity index (χ3n) is 3.39. The maximum Gasteiger partial charge on any atom is 0.228 e. The number of nitrogens with zero attached hydrogens (tertiary/aromatic N) is 3. The van der Waals surface area contributed by atoms with E-state index in [1.165, 1.54) is 57.8 Å². The Bertz CT molecular complexity index is 368. The lowest BCUT2D eigenvalue weighted by atomic mass is 10.1. The zero-order valence-electron chi connectivity index (χ0n) is 12.9. The summed E-state index contributed by atoms with van der Waals surface area (Å²) in [6, 6.07) is 0. The van der Waals surface area contributed by atoms with Crippen LogP contribution in [0.2, 0.25) is 10.6 Å². The van der Waals surface area contributed by atoms with Gasteiger partial charge in [0.1, 0.15) is 0 Å². The molecule has 21 heavy (non-hydrogen) atoms. The highest BCUT2D eigenvalue weighted by Crippen LogP contribution is 2.12. The molecule has 0 atom stereocenters. The van der Waals surface area contributed by atoms with E-state index in [-0.39, 0.29) is 10.6 Å². The molecule has 1 aromatic heterocycles. The van der Waals surface area contributed by atoms with Crippen molar-refractivity contribution >= 4 is 29.2 Å². The molecule has 4 nitrogen and oxygen atoms in total. The third kappa shape index (κ3) is 9.86. The zero-order chi connectivity index (χ0) is 15.3. The van der Waals surface area contributed by atoms with E-state index in [9.17, 15) is 0 Å². The number of aromatic nitrogens is 3. The van der Waals surface area contributed by atoms with E-state index in [1.54, 1.807) is 0 Å². The monoisotopic (exact) mass is 332 g/mol. The Labute approximate surface area is 138 Å². The number of nitrogens with one attached hydrogen (secondary N) is 1. The second-order valence-electron chi connectivity index (χ2n) is 5.31. The van der Waals surface area contributed by atoms with Crippen LogP contribution in [0.15, 0.2) is 0 Å². The van der Waals surface area contributed by atoms with Crippen molar-refractivity contribution in [1.82, 2.24) is 15.0 Å². The first-order chi connectivity index (χ1) is 10.2. The van der Waals surface area contributed by atoms with Gasteiger partial charge in [-0.15, -0.1) is 0 Å². The smallest absolute Gasteiger partial charge is 0.228 e. The van der Waals surface area contributed by atoms with Gasteiger partial charge >= 0.3 is 0 Å². The van der Waals surface area contributed by atoms with E-state index in [0.29, 0.717) is 5.95 Å². The maximum absolute atomic E-state index is 5.71. The minimum atomic E-state index is 0.126. The molecule has 0 aliphatic rings. The first kappa shape index (κ1) is 18.4. The predicted molar refractivity (Wildman–Crippen MR) is 90.2 cm³/mol. The highest BCUT2D eigenvalue weighted by Gasteiger charge is 2.01. The Morgan fingerprint density at radius 1 is 0.714 bits per heavy atom. The Hall–Kier alpha value is -0.610. The molecule has 0 aliphatic carbocycles. The summed E-state index contributed by atoms with van der Waals surface area (Å²) in [5.41, 5.74) is 0. The molecular weight excluding hydrogens is 307 g/mol. The molecule has 0 bridgehead atoms. The Balaban J connectivity index is 1.93. The van der Waals surface area contributed by atoms with Crippen LogP contribution in [0, 0.1) is 0 Å². The molecule has 0 saturated carbocycles. The molecule has 6 heteroatoms. The number of anilines is 1. The van der Waals surface area contributed by atoms with Gasteiger partial charge in [0.15, 0.2) is 0 Å². The quantitative estimate of drug-likeness (QED) is 0.512. The van der Waals surface area contributed by atoms with Crippen molar-refractivity contribution in [2.75, 3.05) is 11.9 Å². The number of hydrogen-bond donors (Lipinski definition) is 1. The topological polar surface area (TPSA) is 50.7 Å². The van der Waals surface area contributed by atoms with Crippen LogP contribution in [0.5, 0.6) is 0 Å². The van der Waals surface area contributed by atoms with Gasteiger partial charge in [-0.3, -0.25) is 0 Å². The molecule has 0 saturated heterocycles. The van der Waals surface area contributed by atoms with Crippen molar-refractivity contribution < 1.29 is 0 Å². The van der Waals surface area contributed by atoms with Gasteiger partial charge < -0.3 is 5.32 Å². The summed E-state index contributed by atoms with van der Waals surface area (Å²) in [6.45, 7) is 3.10. The lowest BCUT2D eigenvalue weighted by molar-refractivity contribution is 0.559. The normalized spacial score (nSPS) is 10.8. The summed E-state index contributed by atoms with van der Waals surface area (Å²) in [4.78, 5) is 11.6. The molecule has 1 aromatic rings. The molecule has 0 amide bonds. The summed E-state index contributed by atoms with van der Waals surface area (Å²) in [5, 5.41) is 3.37. The van der Waals surface area contributed by atoms with Crippen molar-refractivity contribution in [1.29, 1.82) is 0 Å². The van der Waals surface area contributed by atoms with Crippen molar-refractivity contribution in [3.63, 3.8) is 0 Å². The second-order valence-corrected chi connectivity index (χ2v) is 5.98. The summed E-state index contributed by atoms with van der Waals surface area (Å²) in [5.74, 6) is 0.455. The molecule has 0 radical (unpaired) electrons. The van der Waals surface area contributed by atoms with Gasteiger partial charge in [-0.05, 0) is 29.6 Å². The largest absolute Gasteiger partial charge is 0.354 e. The minimum absolute atomic E-state index is 0.126. The lowest BCUT2D eigenvalue weighted by Gasteiger charge is -2.05. The number of hydrogen-bond acceptors (Lipinski definition) is 4. The van der Waals surface area contributed by atoms with Crippen molar-refractivity contribution in [3.8, 4) is 0 Å². The fourth-order valence-corrected chi connectivity index (χ4v) is 2.58. The number of rotatable bonds is 12. The average Bonchev–Trinajstić information content (AvgIpc) is 2.44. The third-order valence-corrected chi connectivity index (χ3v) is 3.73. The van der Waals surface area contributed by atoms with E-state index >= 15 is 0 Å². The van der Waals surface area contributed by atoms with Crippen molar-refractivity contribution in [3.05, 3.63) is 10.6 Å². The lowest BCUT2D eigenvalue weighted by Crippen LogP contribution is -2.06. The van der Waals surface area contributed by atoms with Crippen LogP contribution in [0.1, 0.15) is 71.1 Å². The molecule has 120 valence electrons. The molecule has 0 unspecified atom stereocenters. The molecular formula is C15H26Cl2N4. The SMILES string of the molecule is CCCCCCCCCCCCNc1nc(Cl)nc(Cl)n1. The minimum Gasteiger partial charge on any atom is -0.354 e. The summed E-state index contributed by atoms with van der Waals surface area (Å²) >= 11 is 11.4. The van der Waals surface area contributed by atoms with Crippen LogP contribution in [0.4, 0.5) is 5.95 Å². The molecule has 0 aromatic carbocycles. The van der Waals surface area contributed by atoms with E-state index < -0.39 is 0 Å². The van der Waals surface area contributed by atoms with Crippen LogP contribution in [0.3, 0.4) is 0 Å². The van der Waals surface area contributed by atoms with Gasteiger partial charge in [-0.25, -0.2) is 0 Å². The van der Waals surface area contributed by atoms with Crippen molar-refractivity contribution in [2.45, 2.75) is 71.1 Å². The maximum atomic E-state index is 5.71. The summed E-state index contributed by atoms with van der Waals surface area (Å²) < 4.78 is 0. The summed E-state index contributed by atoms with van der Waals surface area (Å²) in [6.07, 6.45) is 13.3. The van der Waals surface area contributed by atoms with E-state index in [2.05, 4.69) is 27.2 Å². The first-order valence-electron chi connectivity index (χ1n) is 8.03. The van der Waals surface area contributed by atoms with Gasteiger partial charge in [-0.1, -0.05) is 64.7 Å². The zero-order valence-corrected chi connectivity index (χ0v) is 14.4. The molecule has 0 spiro atoms. The van der Waals surface area contributed by atoms with Crippen molar-refractivity contribution in [2.24, 2.45) is 0 Å². The van der Waals surface area contributed by atoms with E-state index in [0.717, 1.165) is 13.0 Å². The Kier molecular flexibility index (Phi) is 10.5. The van der Waals surface area contributed by atoms with Gasteiger partial charge in [0.25, 0.3) is 0 Å². The second kappa shape index (κ2) is 12.0. The number of halogens is 2. The standard InChI is InChI=1S/C15H26Cl2N4/c1-2-3-4-5-6-7-8-9-10-11-12-18-15-20-13(16)19-14(17)21-15/h2-12H2,1H3,(H,18,19,20,21). The number of unbranched alkanes of at least 4 members (excludes halogenated alkanes) is 9. The van der Waals surface area contributed by atoms with E-state index in [1.807, 2.05) is 0 Å². The summed E-state index contributed by atoms with van der Waals surface area (Å²) in [7, 11) is 0.